The molecule has 0 aromatic heterocycles. The number of aliphatic carboxylic acids is 3. The molecule has 0 N–H and O–H groups in total. The molecular formula is C66H129AlO6-3. The van der Waals surface area contributed by atoms with E-state index < -0.39 is 17.9 Å². The highest BCUT2D eigenvalue weighted by molar-refractivity contribution is 5.75. The maximum Gasteiger partial charge on any atom is 0.0414 e. The predicted octanol–water partition coefficient (Wildman–Crippen LogP) is 19.3. The second-order valence-corrected chi connectivity index (χ2v) is 22.5. The zero-order chi connectivity index (χ0) is 53.2. The van der Waals surface area contributed by atoms with Crippen molar-refractivity contribution in [3.8, 4) is 0 Å². The van der Waals surface area contributed by atoms with Crippen LogP contribution in [0.1, 0.15) is 406 Å². The molecule has 3 radical (unpaired) electrons. The number of carbonyl (C=O) groups is 3. The van der Waals surface area contributed by atoms with E-state index in [2.05, 4.69) is 20.8 Å². The van der Waals surface area contributed by atoms with E-state index >= 15 is 0 Å². The van der Waals surface area contributed by atoms with Crippen LogP contribution in [0.5, 0.6) is 0 Å². The summed E-state index contributed by atoms with van der Waals surface area (Å²) in [5.41, 5.74) is 0. The molecule has 0 heterocycles. The van der Waals surface area contributed by atoms with E-state index in [1.54, 1.807) is 0 Å². The fourth-order valence-corrected chi connectivity index (χ4v) is 10.0. The first-order valence-corrected chi connectivity index (χ1v) is 32.9. The number of hydrogen-bond donors (Lipinski definition) is 0. The first-order chi connectivity index (χ1) is 35.3. The van der Waals surface area contributed by atoms with Gasteiger partial charge in [0.1, 0.15) is 0 Å². The van der Waals surface area contributed by atoms with Crippen LogP contribution >= 0.6 is 0 Å². The van der Waals surface area contributed by atoms with Gasteiger partial charge in [0.05, 0.1) is 0 Å². The lowest BCUT2D eigenvalue weighted by molar-refractivity contribution is -0.307. The third-order valence-corrected chi connectivity index (χ3v) is 15.0. The van der Waals surface area contributed by atoms with Crippen LogP contribution in [0.2, 0.25) is 0 Å². The molecule has 0 aromatic rings. The Labute approximate surface area is 468 Å². The molecule has 0 atom stereocenters. The standard InChI is InChI=1S/3C22H44O2.Al/c3*1-2-3-4-5-6-7-8-9-10-11-12-13-14-15-16-17-18-19-20-21-22(23)24;/h3*2-21H2,1H3,(H,23,24);/p-3. The van der Waals surface area contributed by atoms with E-state index in [1.165, 1.54) is 327 Å². The van der Waals surface area contributed by atoms with Gasteiger partial charge >= 0.3 is 0 Å². The molecule has 0 spiro atoms. The van der Waals surface area contributed by atoms with Crippen LogP contribution in [0, 0.1) is 0 Å². The molecule has 0 aliphatic rings. The van der Waals surface area contributed by atoms with Gasteiger partial charge in [0.25, 0.3) is 0 Å². The Kier molecular flexibility index (Phi) is 80.8. The van der Waals surface area contributed by atoms with E-state index in [0.29, 0.717) is 0 Å². The monoisotopic (exact) mass is 1040 g/mol. The van der Waals surface area contributed by atoms with Gasteiger partial charge in [0.15, 0.2) is 0 Å². The van der Waals surface area contributed by atoms with Gasteiger partial charge in [0.2, 0.25) is 0 Å². The number of hydrogen-bond acceptors (Lipinski definition) is 6. The van der Waals surface area contributed by atoms with Crippen molar-refractivity contribution in [2.45, 2.75) is 406 Å². The molecule has 0 bridgehead atoms. The molecule has 0 fully saturated rings. The maximum absolute atomic E-state index is 10.3. The highest BCUT2D eigenvalue weighted by atomic mass is 27.0. The van der Waals surface area contributed by atoms with Crippen molar-refractivity contribution in [3.05, 3.63) is 0 Å². The van der Waals surface area contributed by atoms with Crippen LogP contribution in [0.3, 0.4) is 0 Å². The van der Waals surface area contributed by atoms with Crippen LogP contribution in [-0.2, 0) is 14.4 Å². The maximum atomic E-state index is 10.3. The van der Waals surface area contributed by atoms with Crippen LogP contribution in [0.25, 0.3) is 0 Å². The molecule has 6 nitrogen and oxygen atoms in total. The third kappa shape index (κ3) is 87.9. The first kappa shape index (κ1) is 78.4. The second kappa shape index (κ2) is 75.2. The molecule has 0 amide bonds. The van der Waals surface area contributed by atoms with Gasteiger partial charge in [-0.1, -0.05) is 367 Å². The SMILES string of the molecule is CCCCCCCCCCCCCCCCCCCCCC(=O)[O-].CCCCCCCCCCCCCCCCCCCCCC(=O)[O-].CCCCCCCCCCCCCCCCCCCCCC(=O)[O-].[Al]. The number of unbranched alkanes of at least 4 members (excludes halogenated alkanes) is 54. The minimum absolute atomic E-state index is 0. The van der Waals surface area contributed by atoms with Crippen molar-refractivity contribution in [2.24, 2.45) is 0 Å². The normalized spacial score (nSPS) is 10.9. The molecule has 0 aliphatic heterocycles. The number of carbonyl (C=O) groups excluding carboxylic acids is 3. The minimum atomic E-state index is -0.901. The fourth-order valence-electron chi connectivity index (χ4n) is 10.0. The molecule has 0 saturated heterocycles. The lowest BCUT2D eigenvalue weighted by Crippen LogP contribution is -2.21. The van der Waals surface area contributed by atoms with E-state index in [0.717, 1.165) is 38.5 Å². The quantitative estimate of drug-likeness (QED) is 0.0442. The Morgan fingerprint density at radius 3 is 0.342 bits per heavy atom. The lowest BCUT2D eigenvalue weighted by Gasteiger charge is -2.04. The molecule has 7 heteroatoms. The van der Waals surface area contributed by atoms with Crippen LogP contribution in [0.15, 0.2) is 0 Å². The topological polar surface area (TPSA) is 120 Å². The minimum Gasteiger partial charge on any atom is -0.550 e. The Morgan fingerprint density at radius 2 is 0.260 bits per heavy atom. The Balaban J connectivity index is -0.000000486. The van der Waals surface area contributed by atoms with E-state index in [-0.39, 0.29) is 36.6 Å². The molecule has 0 unspecified atom stereocenters. The van der Waals surface area contributed by atoms with Gasteiger partial charge < -0.3 is 29.7 Å². The fraction of sp³-hybridized carbons (Fsp3) is 0.955. The van der Waals surface area contributed by atoms with Crippen molar-refractivity contribution in [2.75, 3.05) is 0 Å². The average Bonchev–Trinajstić information content (AvgIpc) is 3.36. The summed E-state index contributed by atoms with van der Waals surface area (Å²) in [6.07, 6.45) is 77.2. The summed E-state index contributed by atoms with van der Waals surface area (Å²) < 4.78 is 0. The van der Waals surface area contributed by atoms with Crippen molar-refractivity contribution in [3.63, 3.8) is 0 Å². The second-order valence-electron chi connectivity index (χ2n) is 22.5. The van der Waals surface area contributed by atoms with Crippen molar-refractivity contribution < 1.29 is 29.7 Å². The Hall–Kier alpha value is -1.06. The van der Waals surface area contributed by atoms with Crippen LogP contribution in [0.4, 0.5) is 0 Å². The molecule has 0 aromatic carbocycles. The van der Waals surface area contributed by atoms with E-state index in [1.807, 2.05) is 0 Å². The lowest BCUT2D eigenvalue weighted by atomic mass is 10.0. The van der Waals surface area contributed by atoms with Gasteiger partial charge in [-0.15, -0.1) is 0 Å². The number of carboxylic acid groups (broad SMARTS) is 3. The van der Waals surface area contributed by atoms with Gasteiger partial charge in [-0.25, -0.2) is 0 Å². The highest BCUT2D eigenvalue weighted by Gasteiger charge is 1.99. The molecule has 0 saturated carbocycles. The van der Waals surface area contributed by atoms with Crippen molar-refractivity contribution in [1.82, 2.24) is 0 Å². The largest absolute Gasteiger partial charge is 0.550 e. The summed E-state index contributed by atoms with van der Waals surface area (Å²) in [4.78, 5) is 30.8. The molecular weight excluding hydrogens is 916 g/mol. The smallest absolute Gasteiger partial charge is 0.0414 e. The predicted molar refractivity (Wildman–Crippen MR) is 315 cm³/mol. The molecule has 73 heavy (non-hydrogen) atoms. The summed E-state index contributed by atoms with van der Waals surface area (Å²) in [6, 6.07) is 0. The third-order valence-electron chi connectivity index (χ3n) is 15.0. The average molecular weight is 1050 g/mol. The number of carboxylic acids is 3. The van der Waals surface area contributed by atoms with E-state index in [4.69, 9.17) is 0 Å². The zero-order valence-corrected chi connectivity index (χ0v) is 51.1. The van der Waals surface area contributed by atoms with Gasteiger partial charge in [0, 0.05) is 35.3 Å². The number of rotatable bonds is 60. The first-order valence-electron chi connectivity index (χ1n) is 32.9. The van der Waals surface area contributed by atoms with Crippen LogP contribution < -0.4 is 15.3 Å². The highest BCUT2D eigenvalue weighted by Crippen LogP contribution is 2.18. The van der Waals surface area contributed by atoms with Gasteiger partial charge in [-0.2, -0.15) is 0 Å². The van der Waals surface area contributed by atoms with Crippen molar-refractivity contribution in [1.29, 1.82) is 0 Å². The summed E-state index contributed by atoms with van der Waals surface area (Å²) in [6.45, 7) is 6.84. The Bertz CT molecular complexity index is 882. The molecule has 435 valence electrons. The summed E-state index contributed by atoms with van der Waals surface area (Å²) in [5.74, 6) is -2.70. The Morgan fingerprint density at radius 1 is 0.178 bits per heavy atom. The molecule has 0 aliphatic carbocycles. The van der Waals surface area contributed by atoms with Crippen molar-refractivity contribution >= 4 is 35.3 Å². The summed E-state index contributed by atoms with van der Waals surface area (Å²) >= 11 is 0. The zero-order valence-electron chi connectivity index (χ0n) is 50.0. The van der Waals surface area contributed by atoms with Crippen LogP contribution in [-0.4, -0.2) is 35.3 Å². The molecule has 0 rings (SSSR count). The van der Waals surface area contributed by atoms with Gasteiger partial charge in [-0.3, -0.25) is 0 Å². The van der Waals surface area contributed by atoms with E-state index in [9.17, 15) is 29.7 Å². The summed E-state index contributed by atoms with van der Waals surface area (Å²) in [5, 5.41) is 30.8. The van der Waals surface area contributed by atoms with Gasteiger partial charge in [-0.05, 0) is 38.5 Å². The summed E-state index contributed by atoms with van der Waals surface area (Å²) in [7, 11) is 0.